The average molecular weight is 294 g/mol. The predicted octanol–water partition coefficient (Wildman–Crippen LogP) is 2.27. The molecule has 0 N–H and O–H groups in total. The fourth-order valence-electron chi connectivity index (χ4n) is 2.68. The van der Waals surface area contributed by atoms with E-state index in [9.17, 15) is 9.59 Å². The van der Waals surface area contributed by atoms with E-state index < -0.39 is 6.04 Å². The molecule has 0 saturated carbocycles. The summed E-state index contributed by atoms with van der Waals surface area (Å²) in [6.07, 6.45) is 1.45. The number of hydrogen-bond acceptors (Lipinski definition) is 5. The van der Waals surface area contributed by atoms with Crippen molar-refractivity contribution in [2.45, 2.75) is 52.5 Å². The van der Waals surface area contributed by atoms with Crippen LogP contribution in [0.1, 0.15) is 61.3 Å². The molecular formula is C15H22N2O4. The number of amides is 1. The maximum Gasteiger partial charge on any atom is 0.328 e. The molecule has 1 aromatic rings. The van der Waals surface area contributed by atoms with Crippen LogP contribution in [0.3, 0.4) is 0 Å². The molecule has 1 amide bonds. The van der Waals surface area contributed by atoms with Gasteiger partial charge in [0.25, 0.3) is 5.91 Å². The third kappa shape index (κ3) is 2.94. The van der Waals surface area contributed by atoms with Gasteiger partial charge in [-0.1, -0.05) is 19.0 Å². The van der Waals surface area contributed by atoms with Gasteiger partial charge in [0.1, 0.15) is 11.6 Å². The summed E-state index contributed by atoms with van der Waals surface area (Å²) >= 11 is 0. The number of rotatable bonds is 4. The van der Waals surface area contributed by atoms with Gasteiger partial charge in [-0.05, 0) is 26.7 Å². The number of aromatic nitrogens is 1. The molecular weight excluding hydrogens is 272 g/mol. The standard InChI is InChI=1S/C15H22N2O4/c1-5-20-15(19)11-7-6-8-17(11)14(18)12-10(4)16-21-13(12)9(2)3/h9,11H,5-8H2,1-4H3. The van der Waals surface area contributed by atoms with Crippen molar-refractivity contribution in [2.24, 2.45) is 0 Å². The largest absolute Gasteiger partial charge is 0.464 e. The molecule has 0 bridgehead atoms. The number of likely N-dealkylation sites (tertiary alicyclic amines) is 1. The van der Waals surface area contributed by atoms with Crippen molar-refractivity contribution in [3.8, 4) is 0 Å². The maximum absolute atomic E-state index is 12.8. The first kappa shape index (κ1) is 15.5. The molecule has 0 radical (unpaired) electrons. The number of esters is 1. The van der Waals surface area contributed by atoms with Gasteiger partial charge in [0.2, 0.25) is 0 Å². The number of ether oxygens (including phenoxy) is 1. The number of aryl methyl sites for hydroxylation is 1. The Labute approximate surface area is 124 Å². The minimum atomic E-state index is -0.494. The van der Waals surface area contributed by atoms with Gasteiger partial charge in [-0.15, -0.1) is 0 Å². The van der Waals surface area contributed by atoms with Gasteiger partial charge in [0.15, 0.2) is 5.76 Å². The fourth-order valence-corrected chi connectivity index (χ4v) is 2.68. The highest BCUT2D eigenvalue weighted by molar-refractivity contribution is 5.98. The highest BCUT2D eigenvalue weighted by Gasteiger charge is 2.38. The van der Waals surface area contributed by atoms with E-state index in [4.69, 9.17) is 9.26 Å². The average Bonchev–Trinajstić information content (AvgIpc) is 3.04. The Morgan fingerprint density at radius 3 is 2.81 bits per heavy atom. The van der Waals surface area contributed by atoms with Crippen LogP contribution < -0.4 is 0 Å². The van der Waals surface area contributed by atoms with E-state index in [2.05, 4.69) is 5.16 Å². The molecule has 21 heavy (non-hydrogen) atoms. The minimum absolute atomic E-state index is 0.0637. The highest BCUT2D eigenvalue weighted by atomic mass is 16.5. The Morgan fingerprint density at radius 2 is 2.19 bits per heavy atom. The second-order valence-electron chi connectivity index (χ2n) is 5.57. The molecule has 0 aromatic carbocycles. The lowest BCUT2D eigenvalue weighted by Gasteiger charge is -2.23. The summed E-state index contributed by atoms with van der Waals surface area (Å²) in [4.78, 5) is 26.4. The van der Waals surface area contributed by atoms with Crippen molar-refractivity contribution >= 4 is 11.9 Å². The van der Waals surface area contributed by atoms with Crippen LogP contribution in [0.5, 0.6) is 0 Å². The number of hydrogen-bond donors (Lipinski definition) is 0. The summed E-state index contributed by atoms with van der Waals surface area (Å²) in [6, 6.07) is -0.494. The van der Waals surface area contributed by atoms with Crippen LogP contribution in [0, 0.1) is 6.92 Å². The van der Waals surface area contributed by atoms with Crippen molar-refractivity contribution in [1.82, 2.24) is 10.1 Å². The molecule has 0 spiro atoms. The first-order valence-electron chi connectivity index (χ1n) is 7.41. The summed E-state index contributed by atoms with van der Waals surface area (Å²) in [5, 5.41) is 3.90. The van der Waals surface area contributed by atoms with Crippen LogP contribution in [-0.2, 0) is 9.53 Å². The lowest BCUT2D eigenvalue weighted by atomic mass is 10.0. The molecule has 0 aliphatic carbocycles. The second-order valence-corrected chi connectivity index (χ2v) is 5.57. The van der Waals surface area contributed by atoms with Gasteiger partial charge >= 0.3 is 5.97 Å². The molecule has 1 aliphatic rings. The molecule has 2 rings (SSSR count). The third-order valence-electron chi connectivity index (χ3n) is 3.70. The molecule has 6 heteroatoms. The first-order chi connectivity index (χ1) is 9.97. The normalized spacial score (nSPS) is 18.3. The Hall–Kier alpha value is -1.85. The van der Waals surface area contributed by atoms with Crippen LogP contribution in [-0.4, -0.2) is 41.1 Å². The molecule has 1 unspecified atom stereocenters. The zero-order valence-corrected chi connectivity index (χ0v) is 13.0. The molecule has 1 saturated heterocycles. The highest BCUT2D eigenvalue weighted by Crippen LogP contribution is 2.27. The summed E-state index contributed by atoms with van der Waals surface area (Å²) in [5.74, 6) is 0.123. The summed E-state index contributed by atoms with van der Waals surface area (Å²) in [5.41, 5.74) is 1.06. The van der Waals surface area contributed by atoms with E-state index in [0.717, 1.165) is 6.42 Å². The van der Waals surface area contributed by atoms with Crippen molar-refractivity contribution in [3.63, 3.8) is 0 Å². The number of carbonyl (C=O) groups is 2. The molecule has 6 nitrogen and oxygen atoms in total. The monoisotopic (exact) mass is 294 g/mol. The van der Waals surface area contributed by atoms with Crippen LogP contribution in [0.15, 0.2) is 4.52 Å². The zero-order valence-electron chi connectivity index (χ0n) is 13.0. The van der Waals surface area contributed by atoms with Crippen LogP contribution >= 0.6 is 0 Å². The lowest BCUT2D eigenvalue weighted by molar-refractivity contribution is -0.147. The lowest BCUT2D eigenvalue weighted by Crippen LogP contribution is -2.41. The van der Waals surface area contributed by atoms with Crippen molar-refractivity contribution in [1.29, 1.82) is 0 Å². The summed E-state index contributed by atoms with van der Waals surface area (Å²) < 4.78 is 10.3. The van der Waals surface area contributed by atoms with Crippen molar-refractivity contribution in [2.75, 3.05) is 13.2 Å². The van der Waals surface area contributed by atoms with Crippen LogP contribution in [0.2, 0.25) is 0 Å². The predicted molar refractivity (Wildman–Crippen MR) is 76.0 cm³/mol. The van der Waals surface area contributed by atoms with E-state index in [1.165, 1.54) is 0 Å². The smallest absolute Gasteiger partial charge is 0.328 e. The number of nitrogens with zero attached hydrogens (tertiary/aromatic N) is 2. The van der Waals surface area contributed by atoms with E-state index in [-0.39, 0.29) is 17.8 Å². The minimum Gasteiger partial charge on any atom is -0.464 e. The maximum atomic E-state index is 12.8. The van der Waals surface area contributed by atoms with Crippen LogP contribution in [0.25, 0.3) is 0 Å². The van der Waals surface area contributed by atoms with E-state index in [0.29, 0.717) is 36.6 Å². The number of carbonyl (C=O) groups excluding carboxylic acids is 2. The van der Waals surface area contributed by atoms with Gasteiger partial charge < -0.3 is 14.2 Å². The van der Waals surface area contributed by atoms with Crippen molar-refractivity contribution in [3.05, 3.63) is 17.0 Å². The summed E-state index contributed by atoms with van der Waals surface area (Å²) in [7, 11) is 0. The summed E-state index contributed by atoms with van der Waals surface area (Å²) in [6.45, 7) is 8.29. The third-order valence-corrected chi connectivity index (χ3v) is 3.70. The Kier molecular flexibility index (Phi) is 4.65. The Balaban J connectivity index is 2.27. The van der Waals surface area contributed by atoms with Gasteiger partial charge in [0, 0.05) is 12.5 Å². The molecule has 116 valence electrons. The van der Waals surface area contributed by atoms with Gasteiger partial charge in [-0.3, -0.25) is 4.79 Å². The quantitative estimate of drug-likeness (QED) is 0.796. The topological polar surface area (TPSA) is 72.6 Å². The van der Waals surface area contributed by atoms with E-state index in [1.54, 1.807) is 18.7 Å². The van der Waals surface area contributed by atoms with Gasteiger partial charge in [-0.2, -0.15) is 0 Å². The molecule has 1 aromatic heterocycles. The van der Waals surface area contributed by atoms with Gasteiger partial charge in [0.05, 0.1) is 12.3 Å². The SMILES string of the molecule is CCOC(=O)C1CCCN1C(=O)c1c(C)noc1C(C)C. The molecule has 2 heterocycles. The van der Waals surface area contributed by atoms with Gasteiger partial charge in [-0.25, -0.2) is 4.79 Å². The van der Waals surface area contributed by atoms with E-state index >= 15 is 0 Å². The van der Waals surface area contributed by atoms with Crippen molar-refractivity contribution < 1.29 is 18.8 Å². The first-order valence-corrected chi connectivity index (χ1v) is 7.41. The fraction of sp³-hybridized carbons (Fsp3) is 0.667. The zero-order chi connectivity index (χ0) is 15.6. The Bertz CT molecular complexity index is 536. The molecule has 1 atom stereocenters. The van der Waals surface area contributed by atoms with Crippen LogP contribution in [0.4, 0.5) is 0 Å². The molecule has 1 aliphatic heterocycles. The second kappa shape index (κ2) is 6.28. The van der Waals surface area contributed by atoms with E-state index in [1.807, 2.05) is 13.8 Å². The molecule has 1 fully saturated rings. The Morgan fingerprint density at radius 1 is 1.48 bits per heavy atom.